The number of oxazole rings is 1. The number of piperazine rings is 1. The summed E-state index contributed by atoms with van der Waals surface area (Å²) in [5, 5.41) is 18.3. The first-order chi connectivity index (χ1) is 17.0. The van der Waals surface area contributed by atoms with Gasteiger partial charge in [0.2, 0.25) is 11.6 Å². The molecule has 3 aromatic rings. The van der Waals surface area contributed by atoms with Gasteiger partial charge in [0.25, 0.3) is 11.8 Å². The predicted octanol–water partition coefficient (Wildman–Crippen LogP) is 2.34. The number of carbonyl (C=O) groups excluding carboxylic acids is 2. The highest BCUT2D eigenvalue weighted by molar-refractivity contribution is 5.82. The summed E-state index contributed by atoms with van der Waals surface area (Å²) < 4.78 is 21.7. The number of aromatic nitrogens is 1. The molecule has 1 saturated heterocycles. The number of furan rings is 1. The number of nitrogens with zero attached hydrogens (tertiary/aromatic N) is 5. The fourth-order valence-electron chi connectivity index (χ4n) is 3.47. The summed E-state index contributed by atoms with van der Waals surface area (Å²) >= 11 is 0. The van der Waals surface area contributed by atoms with Crippen LogP contribution in [-0.4, -0.2) is 60.7 Å². The number of anilines is 1. The molecule has 4 rings (SSSR count). The van der Waals surface area contributed by atoms with Gasteiger partial charge in [-0.1, -0.05) is 0 Å². The Labute approximate surface area is 200 Å². The molecule has 0 spiro atoms. The molecule has 1 aliphatic heterocycles. The van der Waals surface area contributed by atoms with Gasteiger partial charge < -0.3 is 28.1 Å². The highest BCUT2D eigenvalue weighted by atomic mass is 16.6. The smallest absolute Gasteiger partial charge is 0.347 e. The van der Waals surface area contributed by atoms with Crippen LogP contribution in [0, 0.1) is 22.7 Å². The number of ether oxygens (including phenoxy) is 2. The number of hydrogen-bond donors (Lipinski definition) is 0. The summed E-state index contributed by atoms with van der Waals surface area (Å²) in [5.41, 5.74) is 0.616. The second kappa shape index (κ2) is 10.4. The summed E-state index contributed by atoms with van der Waals surface area (Å²) in [6.45, 7) is 2.66. The van der Waals surface area contributed by atoms with Gasteiger partial charge in [-0.15, -0.1) is 0 Å². The Morgan fingerprint density at radius 3 is 2.49 bits per heavy atom. The Balaban J connectivity index is 1.26. The quantitative estimate of drug-likeness (QED) is 0.467. The summed E-state index contributed by atoms with van der Waals surface area (Å²) in [7, 11) is 0. The fraction of sp³-hybridized carbons (Fsp3) is 0.292. The third-order valence-electron chi connectivity index (χ3n) is 5.33. The third kappa shape index (κ3) is 5.42. The highest BCUT2D eigenvalue weighted by Gasteiger charge is 2.28. The molecule has 1 fully saturated rings. The Morgan fingerprint density at radius 2 is 1.86 bits per heavy atom. The highest BCUT2D eigenvalue weighted by Crippen LogP contribution is 2.29. The SMILES string of the molecule is CC(Oc1ccc(C#N)cc1)C(=O)OCC(=O)N1CCN(c2oc(-c3ccco3)nc2C#N)CC1. The minimum absolute atomic E-state index is 0.140. The van der Waals surface area contributed by atoms with Crippen molar-refractivity contribution in [3.63, 3.8) is 0 Å². The number of carbonyl (C=O) groups is 2. The molecule has 1 atom stereocenters. The number of benzene rings is 1. The molecular formula is C24H21N5O6. The van der Waals surface area contributed by atoms with Gasteiger partial charge >= 0.3 is 5.97 Å². The molecule has 1 aromatic carbocycles. The zero-order valence-corrected chi connectivity index (χ0v) is 18.8. The molecule has 0 saturated carbocycles. The van der Waals surface area contributed by atoms with Gasteiger partial charge in [0.05, 0.1) is 17.9 Å². The molecule has 0 radical (unpaired) electrons. The number of amides is 1. The van der Waals surface area contributed by atoms with E-state index in [9.17, 15) is 14.9 Å². The summed E-state index contributed by atoms with van der Waals surface area (Å²) in [6.07, 6.45) is 0.564. The van der Waals surface area contributed by atoms with E-state index < -0.39 is 18.7 Å². The van der Waals surface area contributed by atoms with E-state index >= 15 is 0 Å². The Kier molecular flexibility index (Phi) is 6.98. The summed E-state index contributed by atoms with van der Waals surface area (Å²) in [5.74, 6) is 0.358. The van der Waals surface area contributed by atoms with Crippen molar-refractivity contribution in [2.75, 3.05) is 37.7 Å². The van der Waals surface area contributed by atoms with Crippen molar-refractivity contribution >= 4 is 17.8 Å². The van der Waals surface area contributed by atoms with Crippen molar-refractivity contribution in [2.45, 2.75) is 13.0 Å². The molecule has 11 heteroatoms. The van der Waals surface area contributed by atoms with Crippen LogP contribution in [0.5, 0.6) is 5.75 Å². The van der Waals surface area contributed by atoms with Crippen molar-refractivity contribution in [2.24, 2.45) is 0 Å². The van der Waals surface area contributed by atoms with Crippen LogP contribution in [-0.2, 0) is 14.3 Å². The molecule has 0 aliphatic carbocycles. The molecule has 1 unspecified atom stereocenters. The zero-order chi connectivity index (χ0) is 24.8. The zero-order valence-electron chi connectivity index (χ0n) is 18.8. The van der Waals surface area contributed by atoms with Crippen molar-refractivity contribution in [3.05, 3.63) is 53.9 Å². The molecule has 11 nitrogen and oxygen atoms in total. The van der Waals surface area contributed by atoms with E-state index in [-0.39, 0.29) is 17.5 Å². The van der Waals surface area contributed by atoms with Gasteiger partial charge in [-0.3, -0.25) is 4.79 Å². The topological polar surface area (TPSA) is 146 Å². The average Bonchev–Trinajstić information content (AvgIpc) is 3.57. The number of esters is 1. The second-order valence-corrected chi connectivity index (χ2v) is 7.63. The molecule has 3 heterocycles. The van der Waals surface area contributed by atoms with Crippen molar-refractivity contribution in [1.82, 2.24) is 9.88 Å². The largest absolute Gasteiger partial charge is 0.479 e. The number of hydrogen-bond acceptors (Lipinski definition) is 10. The van der Waals surface area contributed by atoms with Gasteiger partial charge in [-0.25, -0.2) is 4.79 Å². The van der Waals surface area contributed by atoms with Crippen LogP contribution in [0.1, 0.15) is 18.2 Å². The van der Waals surface area contributed by atoms with Crippen LogP contribution in [0.25, 0.3) is 11.7 Å². The molecule has 0 bridgehead atoms. The molecule has 178 valence electrons. The van der Waals surface area contributed by atoms with E-state index in [0.29, 0.717) is 49.1 Å². The van der Waals surface area contributed by atoms with Gasteiger partial charge in [-0.05, 0) is 43.3 Å². The minimum atomic E-state index is -0.924. The average molecular weight is 475 g/mol. The summed E-state index contributed by atoms with van der Waals surface area (Å²) in [4.78, 5) is 32.4. The first-order valence-electron chi connectivity index (χ1n) is 10.8. The van der Waals surface area contributed by atoms with Crippen LogP contribution in [0.4, 0.5) is 5.88 Å². The lowest BCUT2D eigenvalue weighted by Crippen LogP contribution is -2.50. The summed E-state index contributed by atoms with van der Waals surface area (Å²) in [6, 6.07) is 13.7. The number of nitriles is 2. The normalized spacial score (nSPS) is 14.0. The monoisotopic (exact) mass is 475 g/mol. The molecule has 2 aromatic heterocycles. The lowest BCUT2D eigenvalue weighted by atomic mass is 10.2. The minimum Gasteiger partial charge on any atom is -0.479 e. The van der Waals surface area contributed by atoms with Crippen LogP contribution < -0.4 is 9.64 Å². The Morgan fingerprint density at radius 1 is 1.11 bits per heavy atom. The maximum absolute atomic E-state index is 12.5. The first-order valence-corrected chi connectivity index (χ1v) is 10.8. The van der Waals surface area contributed by atoms with E-state index in [0.717, 1.165) is 0 Å². The predicted molar refractivity (Wildman–Crippen MR) is 120 cm³/mol. The van der Waals surface area contributed by atoms with E-state index in [2.05, 4.69) is 4.98 Å². The third-order valence-corrected chi connectivity index (χ3v) is 5.33. The van der Waals surface area contributed by atoms with Crippen LogP contribution in [0.15, 0.2) is 51.5 Å². The maximum Gasteiger partial charge on any atom is 0.347 e. The Bertz CT molecular complexity index is 1260. The van der Waals surface area contributed by atoms with Crippen LogP contribution >= 0.6 is 0 Å². The molecular weight excluding hydrogens is 454 g/mol. The van der Waals surface area contributed by atoms with E-state index in [1.807, 2.05) is 17.0 Å². The first kappa shape index (κ1) is 23.4. The van der Waals surface area contributed by atoms with E-state index in [1.54, 1.807) is 41.3 Å². The van der Waals surface area contributed by atoms with E-state index in [1.165, 1.54) is 13.2 Å². The van der Waals surface area contributed by atoms with Gasteiger partial charge in [0.1, 0.15) is 11.8 Å². The lowest BCUT2D eigenvalue weighted by Gasteiger charge is -2.34. The van der Waals surface area contributed by atoms with Crippen molar-refractivity contribution in [1.29, 1.82) is 10.5 Å². The van der Waals surface area contributed by atoms with Crippen LogP contribution in [0.2, 0.25) is 0 Å². The van der Waals surface area contributed by atoms with Crippen molar-refractivity contribution in [3.8, 4) is 29.5 Å². The molecule has 35 heavy (non-hydrogen) atoms. The van der Waals surface area contributed by atoms with Crippen molar-refractivity contribution < 1.29 is 27.9 Å². The Hall–Kier alpha value is -4.77. The van der Waals surface area contributed by atoms with Gasteiger partial charge in [0, 0.05) is 26.2 Å². The number of rotatable bonds is 7. The van der Waals surface area contributed by atoms with E-state index in [4.69, 9.17) is 23.6 Å². The lowest BCUT2D eigenvalue weighted by molar-refractivity contribution is -0.157. The van der Waals surface area contributed by atoms with Crippen LogP contribution in [0.3, 0.4) is 0 Å². The van der Waals surface area contributed by atoms with Gasteiger partial charge in [-0.2, -0.15) is 15.5 Å². The maximum atomic E-state index is 12.5. The molecule has 1 aliphatic rings. The van der Waals surface area contributed by atoms with Gasteiger partial charge in [0.15, 0.2) is 18.5 Å². The fourth-order valence-corrected chi connectivity index (χ4v) is 3.47. The molecule has 1 amide bonds. The standard InChI is InChI=1S/C24H21N5O6/c1-16(34-18-6-4-17(13-25)5-7-18)24(31)33-15-21(30)28-8-10-29(11-9-28)23-19(14-26)27-22(35-23)20-3-2-12-32-20/h2-7,12,16H,8-11,15H2,1H3. The molecule has 0 N–H and O–H groups in total. The second-order valence-electron chi connectivity index (χ2n) is 7.63.